The van der Waals surface area contributed by atoms with Gasteiger partial charge in [-0.2, -0.15) is 5.10 Å². The fourth-order valence-corrected chi connectivity index (χ4v) is 2.89. The maximum atomic E-state index is 13.7. The van der Waals surface area contributed by atoms with Crippen molar-refractivity contribution in [2.24, 2.45) is 10.8 Å². The Hall–Kier alpha value is -3.75. The molecule has 0 radical (unpaired) electrons. The van der Waals surface area contributed by atoms with E-state index in [-0.39, 0.29) is 30.0 Å². The largest absolute Gasteiger partial charge is 0.461 e. The number of hydrogen-bond donors (Lipinski definition) is 2. The van der Waals surface area contributed by atoms with E-state index in [9.17, 15) is 18.8 Å². The monoisotopic (exact) mass is 398 g/mol. The number of carbonyl (C=O) groups is 3. The summed E-state index contributed by atoms with van der Waals surface area (Å²) in [6.07, 6.45) is 0.0312. The molecule has 0 fully saturated rings. The number of amides is 2. The normalized spacial score (nSPS) is 15.6. The highest BCUT2D eigenvalue weighted by molar-refractivity contribution is 6.38. The molecule has 1 aliphatic rings. The molecular weight excluding hydrogens is 379 g/mol. The zero-order valence-corrected chi connectivity index (χ0v) is 15.6. The Bertz CT molecular complexity index is 978. The SMILES string of the molecule is CCOC(=O)C1=NN(c2ccccc2)C(C(=O)Nc2ccc(F)c(C(N)=O)c2)C1. The van der Waals surface area contributed by atoms with Gasteiger partial charge in [-0.25, -0.2) is 9.18 Å². The van der Waals surface area contributed by atoms with Crippen LogP contribution in [0.2, 0.25) is 0 Å². The van der Waals surface area contributed by atoms with Crippen LogP contribution in [-0.4, -0.2) is 36.1 Å². The molecule has 3 rings (SSSR count). The molecule has 3 N–H and O–H groups in total. The average Bonchev–Trinajstić information content (AvgIpc) is 3.16. The lowest BCUT2D eigenvalue weighted by Crippen LogP contribution is -2.38. The summed E-state index contributed by atoms with van der Waals surface area (Å²) >= 11 is 0. The first-order valence-corrected chi connectivity index (χ1v) is 8.89. The predicted octanol–water partition coefficient (Wildman–Crippen LogP) is 2.06. The molecule has 0 saturated carbocycles. The number of hydrogen-bond acceptors (Lipinski definition) is 6. The van der Waals surface area contributed by atoms with Gasteiger partial charge in [0.1, 0.15) is 17.6 Å². The van der Waals surface area contributed by atoms with Gasteiger partial charge in [-0.3, -0.25) is 14.6 Å². The second-order valence-electron chi connectivity index (χ2n) is 6.22. The number of nitrogens with zero attached hydrogens (tertiary/aromatic N) is 2. The second kappa shape index (κ2) is 8.51. The number of halogens is 1. The lowest BCUT2D eigenvalue weighted by atomic mass is 10.1. The van der Waals surface area contributed by atoms with Crippen molar-refractivity contribution in [3.63, 3.8) is 0 Å². The maximum Gasteiger partial charge on any atom is 0.354 e. The summed E-state index contributed by atoms with van der Waals surface area (Å²) < 4.78 is 18.7. The number of hydrazone groups is 1. The van der Waals surface area contributed by atoms with E-state index in [1.54, 1.807) is 31.2 Å². The van der Waals surface area contributed by atoms with Crippen molar-refractivity contribution in [1.29, 1.82) is 0 Å². The zero-order chi connectivity index (χ0) is 21.0. The third-order valence-electron chi connectivity index (χ3n) is 4.24. The Labute approximate surface area is 166 Å². The van der Waals surface area contributed by atoms with Crippen LogP contribution in [0.5, 0.6) is 0 Å². The minimum absolute atomic E-state index is 0.0312. The van der Waals surface area contributed by atoms with Crippen molar-refractivity contribution >= 4 is 34.9 Å². The van der Waals surface area contributed by atoms with E-state index in [4.69, 9.17) is 10.5 Å². The van der Waals surface area contributed by atoms with Crippen molar-refractivity contribution < 1.29 is 23.5 Å². The zero-order valence-electron chi connectivity index (χ0n) is 15.6. The third-order valence-corrected chi connectivity index (χ3v) is 4.24. The predicted molar refractivity (Wildman–Crippen MR) is 105 cm³/mol. The van der Waals surface area contributed by atoms with E-state index >= 15 is 0 Å². The van der Waals surface area contributed by atoms with Crippen molar-refractivity contribution in [2.45, 2.75) is 19.4 Å². The van der Waals surface area contributed by atoms with Crippen molar-refractivity contribution in [3.05, 3.63) is 59.9 Å². The van der Waals surface area contributed by atoms with Crippen LogP contribution in [0.25, 0.3) is 0 Å². The molecule has 2 amide bonds. The summed E-state index contributed by atoms with van der Waals surface area (Å²) in [5, 5.41) is 8.31. The molecule has 0 spiro atoms. The average molecular weight is 398 g/mol. The lowest BCUT2D eigenvalue weighted by molar-refractivity contribution is -0.135. The molecule has 1 unspecified atom stereocenters. The van der Waals surface area contributed by atoms with Gasteiger partial charge in [0.2, 0.25) is 5.91 Å². The topological polar surface area (TPSA) is 114 Å². The molecule has 9 heteroatoms. The molecule has 2 aromatic rings. The van der Waals surface area contributed by atoms with E-state index in [0.29, 0.717) is 5.69 Å². The molecule has 150 valence electrons. The third kappa shape index (κ3) is 4.40. The Balaban J connectivity index is 1.85. The number of nitrogens with one attached hydrogen (secondary N) is 1. The van der Waals surface area contributed by atoms with Gasteiger partial charge in [-0.1, -0.05) is 18.2 Å². The van der Waals surface area contributed by atoms with Crippen LogP contribution in [0.3, 0.4) is 0 Å². The number of para-hydroxylation sites is 1. The fraction of sp³-hybridized carbons (Fsp3) is 0.200. The number of nitrogens with two attached hydrogens (primary N) is 1. The van der Waals surface area contributed by atoms with Gasteiger partial charge in [-0.15, -0.1) is 0 Å². The van der Waals surface area contributed by atoms with Gasteiger partial charge >= 0.3 is 5.97 Å². The van der Waals surface area contributed by atoms with Crippen LogP contribution >= 0.6 is 0 Å². The maximum absolute atomic E-state index is 13.7. The van der Waals surface area contributed by atoms with Crippen molar-refractivity contribution in [2.75, 3.05) is 16.9 Å². The number of rotatable bonds is 6. The highest BCUT2D eigenvalue weighted by Crippen LogP contribution is 2.26. The highest BCUT2D eigenvalue weighted by atomic mass is 19.1. The molecule has 29 heavy (non-hydrogen) atoms. The summed E-state index contributed by atoms with van der Waals surface area (Å²) in [5.74, 6) is -2.81. The van der Waals surface area contributed by atoms with Crippen LogP contribution < -0.4 is 16.1 Å². The Kier molecular flexibility index (Phi) is 5.87. The van der Waals surface area contributed by atoms with Crippen LogP contribution in [0.15, 0.2) is 53.6 Å². The molecule has 1 aliphatic heterocycles. The number of carbonyl (C=O) groups excluding carboxylic acids is 3. The van der Waals surface area contributed by atoms with Crippen LogP contribution in [0, 0.1) is 5.82 Å². The second-order valence-corrected chi connectivity index (χ2v) is 6.22. The van der Waals surface area contributed by atoms with Gasteiger partial charge in [0.05, 0.1) is 17.9 Å². The van der Waals surface area contributed by atoms with Crippen LogP contribution in [-0.2, 0) is 14.3 Å². The van der Waals surface area contributed by atoms with Crippen molar-refractivity contribution in [1.82, 2.24) is 0 Å². The van der Waals surface area contributed by atoms with Gasteiger partial charge in [0, 0.05) is 12.1 Å². The van der Waals surface area contributed by atoms with Crippen LogP contribution in [0.4, 0.5) is 15.8 Å². The molecule has 0 bridgehead atoms. The standard InChI is InChI=1S/C20H19FN4O4/c1-2-29-20(28)16-11-17(25(24-16)13-6-4-3-5-7-13)19(27)23-12-8-9-15(21)14(10-12)18(22)26/h3-10,17H,2,11H2,1H3,(H2,22,26)(H,23,27). The summed E-state index contributed by atoms with van der Waals surface area (Å²) in [5.41, 5.74) is 5.74. The number of benzene rings is 2. The molecule has 0 aliphatic carbocycles. The number of esters is 1. The lowest BCUT2D eigenvalue weighted by Gasteiger charge is -2.22. The van der Waals surface area contributed by atoms with E-state index in [1.165, 1.54) is 11.1 Å². The first-order chi connectivity index (χ1) is 13.9. The van der Waals surface area contributed by atoms with Gasteiger partial charge in [-0.05, 0) is 37.3 Å². The summed E-state index contributed by atoms with van der Waals surface area (Å²) in [7, 11) is 0. The smallest absolute Gasteiger partial charge is 0.354 e. The van der Waals surface area contributed by atoms with E-state index in [2.05, 4.69) is 10.4 Å². The number of anilines is 2. The summed E-state index contributed by atoms with van der Waals surface area (Å²) in [6.45, 7) is 1.86. The van der Waals surface area contributed by atoms with Gasteiger partial charge in [0.15, 0.2) is 0 Å². The molecule has 1 atom stereocenters. The first-order valence-electron chi connectivity index (χ1n) is 8.89. The molecule has 0 saturated heterocycles. The number of primary amides is 1. The van der Waals surface area contributed by atoms with E-state index in [0.717, 1.165) is 12.1 Å². The fourth-order valence-electron chi connectivity index (χ4n) is 2.89. The Morgan fingerprint density at radius 3 is 2.62 bits per heavy atom. The highest BCUT2D eigenvalue weighted by Gasteiger charge is 2.37. The minimum atomic E-state index is -0.946. The molecule has 1 heterocycles. The van der Waals surface area contributed by atoms with Crippen LogP contribution in [0.1, 0.15) is 23.7 Å². The van der Waals surface area contributed by atoms with Gasteiger partial charge in [0.25, 0.3) is 5.91 Å². The van der Waals surface area contributed by atoms with Gasteiger partial charge < -0.3 is 15.8 Å². The Morgan fingerprint density at radius 2 is 1.97 bits per heavy atom. The summed E-state index contributed by atoms with van der Waals surface area (Å²) in [4.78, 5) is 36.3. The Morgan fingerprint density at radius 1 is 1.24 bits per heavy atom. The molecular formula is C20H19FN4O4. The van der Waals surface area contributed by atoms with Crippen molar-refractivity contribution in [3.8, 4) is 0 Å². The van der Waals surface area contributed by atoms with E-state index < -0.39 is 29.6 Å². The molecule has 8 nitrogen and oxygen atoms in total. The summed E-state index contributed by atoms with van der Waals surface area (Å²) in [6, 6.07) is 11.6. The molecule has 2 aromatic carbocycles. The number of ether oxygens (including phenoxy) is 1. The first kappa shape index (κ1) is 20.0. The van der Waals surface area contributed by atoms with E-state index in [1.807, 2.05) is 6.07 Å². The minimum Gasteiger partial charge on any atom is -0.461 e. The quantitative estimate of drug-likeness (QED) is 0.723. The molecule has 0 aromatic heterocycles.